The number of hydrogen-bond donors (Lipinski definition) is 2. The van der Waals surface area contributed by atoms with Gasteiger partial charge in [-0.3, -0.25) is 0 Å². The molecule has 1 aliphatic heterocycles. The van der Waals surface area contributed by atoms with Crippen molar-refractivity contribution in [3.05, 3.63) is 24.3 Å². The highest BCUT2D eigenvalue weighted by Crippen LogP contribution is 2.36. The number of amides is 1. The van der Waals surface area contributed by atoms with Crippen molar-refractivity contribution in [2.75, 3.05) is 26.3 Å². The Hall–Kier alpha value is -1.66. The molecule has 1 aliphatic rings. The van der Waals surface area contributed by atoms with Crippen LogP contribution in [0.1, 0.15) is 48.5 Å². The average Bonchev–Trinajstić information content (AvgIpc) is 2.87. The summed E-state index contributed by atoms with van der Waals surface area (Å²) in [4.78, 5) is 11.7. The van der Waals surface area contributed by atoms with Gasteiger partial charge in [0.25, 0.3) is 0 Å². The fourth-order valence-corrected chi connectivity index (χ4v) is 3.77. The smallest absolute Gasteiger partial charge is 0.444 e. The Morgan fingerprint density at radius 2 is 1.53 bits per heavy atom. The second-order valence-electron chi connectivity index (χ2n) is 9.60. The second-order valence-corrected chi connectivity index (χ2v) is 11.4. The van der Waals surface area contributed by atoms with Crippen molar-refractivity contribution in [3.8, 4) is 0 Å². The summed E-state index contributed by atoms with van der Waals surface area (Å²) in [5.74, 6) is 0. The van der Waals surface area contributed by atoms with E-state index in [1.54, 1.807) is 32.9 Å². The largest absolute Gasteiger partial charge is 0.494 e. The molecule has 0 radical (unpaired) electrons. The van der Waals surface area contributed by atoms with Crippen molar-refractivity contribution >= 4 is 28.7 Å². The SMILES string of the molecule is CC(C)(C)OC(=O)NCCOCCNS(=O)(=O)c1ccc(B2OC(C)(C)C(C)(C)O2)cc1. The maximum Gasteiger partial charge on any atom is 0.494 e. The number of alkyl carbamates (subject to hydrolysis) is 1. The summed E-state index contributed by atoms with van der Waals surface area (Å²) in [7, 11) is -4.22. The zero-order chi connectivity index (χ0) is 24.2. The van der Waals surface area contributed by atoms with Gasteiger partial charge in [-0.25, -0.2) is 17.9 Å². The summed E-state index contributed by atoms with van der Waals surface area (Å²) < 4.78 is 49.9. The first-order chi connectivity index (χ1) is 14.6. The second kappa shape index (κ2) is 10.1. The van der Waals surface area contributed by atoms with E-state index in [1.165, 1.54) is 12.1 Å². The lowest BCUT2D eigenvalue weighted by atomic mass is 9.79. The molecule has 180 valence electrons. The molecule has 32 heavy (non-hydrogen) atoms. The third-order valence-electron chi connectivity index (χ3n) is 5.17. The quantitative estimate of drug-likeness (QED) is 0.418. The molecule has 1 saturated heterocycles. The van der Waals surface area contributed by atoms with Crippen LogP contribution in [0.3, 0.4) is 0 Å². The Morgan fingerprint density at radius 1 is 1.00 bits per heavy atom. The Balaban J connectivity index is 1.74. The minimum atomic E-state index is -3.67. The van der Waals surface area contributed by atoms with E-state index < -0.39 is 40.0 Å². The molecule has 1 heterocycles. The summed E-state index contributed by atoms with van der Waals surface area (Å²) in [6, 6.07) is 6.42. The predicted molar refractivity (Wildman–Crippen MR) is 122 cm³/mol. The van der Waals surface area contributed by atoms with Crippen LogP contribution in [0.2, 0.25) is 0 Å². The van der Waals surface area contributed by atoms with E-state index in [9.17, 15) is 13.2 Å². The van der Waals surface area contributed by atoms with Crippen LogP contribution >= 0.6 is 0 Å². The fourth-order valence-electron chi connectivity index (χ4n) is 2.76. The van der Waals surface area contributed by atoms with E-state index >= 15 is 0 Å². The molecule has 1 fully saturated rings. The van der Waals surface area contributed by atoms with Crippen LogP contribution in [0, 0.1) is 0 Å². The van der Waals surface area contributed by atoms with Crippen molar-refractivity contribution in [2.24, 2.45) is 0 Å². The molecule has 0 atom stereocenters. The van der Waals surface area contributed by atoms with Crippen molar-refractivity contribution in [2.45, 2.75) is 70.2 Å². The lowest BCUT2D eigenvalue weighted by Crippen LogP contribution is -2.41. The molecular formula is C21H35BN2O7S. The molecule has 2 N–H and O–H groups in total. The number of carbonyl (C=O) groups excluding carboxylic acids is 1. The maximum absolute atomic E-state index is 12.5. The standard InChI is InChI=1S/C21H35BN2O7S/c1-19(2,3)29-18(25)23-12-14-28-15-13-24-32(26,27)17-10-8-16(9-11-17)22-30-20(4,5)21(6,7)31-22/h8-11,24H,12-15H2,1-7H3,(H,23,25). The third kappa shape index (κ3) is 7.45. The van der Waals surface area contributed by atoms with Gasteiger partial charge in [0.05, 0.1) is 29.3 Å². The highest BCUT2D eigenvalue weighted by molar-refractivity contribution is 7.89. The summed E-state index contributed by atoms with van der Waals surface area (Å²) >= 11 is 0. The van der Waals surface area contributed by atoms with Gasteiger partial charge >= 0.3 is 13.2 Å². The lowest BCUT2D eigenvalue weighted by Gasteiger charge is -2.32. The van der Waals surface area contributed by atoms with E-state index in [0.29, 0.717) is 0 Å². The number of hydrogen-bond acceptors (Lipinski definition) is 7. The zero-order valence-corrected chi connectivity index (χ0v) is 20.8. The molecule has 0 aromatic heterocycles. The summed E-state index contributed by atoms with van der Waals surface area (Å²) in [6.07, 6.45) is -0.522. The molecule has 2 rings (SSSR count). The first kappa shape index (κ1) is 26.6. The van der Waals surface area contributed by atoms with Crippen molar-refractivity contribution < 1.29 is 32.0 Å². The highest BCUT2D eigenvalue weighted by atomic mass is 32.2. The van der Waals surface area contributed by atoms with Gasteiger partial charge in [-0.05, 0) is 66.1 Å². The Morgan fingerprint density at radius 3 is 2.06 bits per heavy atom. The molecular weight excluding hydrogens is 435 g/mol. The summed E-state index contributed by atoms with van der Waals surface area (Å²) in [5, 5.41) is 2.57. The van der Waals surface area contributed by atoms with Gasteiger partial charge < -0.3 is 24.1 Å². The molecule has 1 aromatic carbocycles. The van der Waals surface area contributed by atoms with Gasteiger partial charge in [0, 0.05) is 13.1 Å². The topological polar surface area (TPSA) is 112 Å². The monoisotopic (exact) mass is 470 g/mol. The fraction of sp³-hybridized carbons (Fsp3) is 0.667. The molecule has 9 nitrogen and oxygen atoms in total. The Labute approximate surface area is 191 Å². The molecule has 11 heteroatoms. The highest BCUT2D eigenvalue weighted by Gasteiger charge is 2.51. The van der Waals surface area contributed by atoms with Gasteiger partial charge in [-0.15, -0.1) is 0 Å². The predicted octanol–water partition coefficient (Wildman–Crippen LogP) is 1.81. The van der Waals surface area contributed by atoms with E-state index in [0.717, 1.165) is 5.46 Å². The number of sulfonamides is 1. The number of ether oxygens (including phenoxy) is 2. The third-order valence-corrected chi connectivity index (χ3v) is 6.65. The molecule has 0 spiro atoms. The van der Waals surface area contributed by atoms with Crippen LogP contribution in [0.4, 0.5) is 4.79 Å². The summed E-state index contributed by atoms with van der Waals surface area (Å²) in [6.45, 7) is 14.0. The number of nitrogens with one attached hydrogen (secondary N) is 2. The number of benzene rings is 1. The first-order valence-corrected chi connectivity index (χ1v) is 12.1. The molecule has 0 bridgehead atoms. The lowest BCUT2D eigenvalue weighted by molar-refractivity contribution is 0.00578. The zero-order valence-electron chi connectivity index (χ0n) is 20.0. The maximum atomic E-state index is 12.5. The normalized spacial score (nSPS) is 17.9. The van der Waals surface area contributed by atoms with Gasteiger partial charge in [0.2, 0.25) is 10.0 Å². The van der Waals surface area contributed by atoms with E-state index in [2.05, 4.69) is 10.0 Å². The molecule has 0 saturated carbocycles. The van der Waals surface area contributed by atoms with E-state index in [1.807, 2.05) is 27.7 Å². The number of rotatable bonds is 9. The van der Waals surface area contributed by atoms with Gasteiger partial charge in [-0.2, -0.15) is 0 Å². The minimum Gasteiger partial charge on any atom is -0.444 e. The number of carbonyl (C=O) groups is 1. The van der Waals surface area contributed by atoms with Crippen molar-refractivity contribution in [1.82, 2.24) is 10.0 Å². The van der Waals surface area contributed by atoms with Crippen LogP contribution in [-0.4, -0.2) is 64.7 Å². The van der Waals surface area contributed by atoms with Gasteiger partial charge in [0.15, 0.2) is 0 Å². The first-order valence-electron chi connectivity index (χ1n) is 10.6. The van der Waals surface area contributed by atoms with Crippen LogP contribution < -0.4 is 15.5 Å². The van der Waals surface area contributed by atoms with Crippen LogP contribution in [0.15, 0.2) is 29.2 Å². The molecule has 0 aliphatic carbocycles. The van der Waals surface area contributed by atoms with Crippen LogP contribution in [0.25, 0.3) is 0 Å². The van der Waals surface area contributed by atoms with Gasteiger partial charge in [-0.1, -0.05) is 12.1 Å². The Kier molecular flexibility index (Phi) is 8.38. The van der Waals surface area contributed by atoms with Crippen molar-refractivity contribution in [3.63, 3.8) is 0 Å². The molecule has 0 unspecified atom stereocenters. The Bertz CT molecular complexity index is 864. The molecule has 1 aromatic rings. The minimum absolute atomic E-state index is 0.105. The van der Waals surface area contributed by atoms with Gasteiger partial charge in [0.1, 0.15) is 5.60 Å². The van der Waals surface area contributed by atoms with E-state index in [-0.39, 0.29) is 31.2 Å². The average molecular weight is 470 g/mol. The van der Waals surface area contributed by atoms with Crippen LogP contribution in [-0.2, 0) is 28.8 Å². The van der Waals surface area contributed by atoms with E-state index in [4.69, 9.17) is 18.8 Å². The molecule has 1 amide bonds. The van der Waals surface area contributed by atoms with Crippen LogP contribution in [0.5, 0.6) is 0 Å². The summed E-state index contributed by atoms with van der Waals surface area (Å²) in [5.41, 5.74) is -0.742. The van der Waals surface area contributed by atoms with Crippen molar-refractivity contribution in [1.29, 1.82) is 0 Å².